The third-order valence-corrected chi connectivity index (χ3v) is 3.67. The normalized spacial score (nSPS) is 10.5. The average molecular weight is 340 g/mol. The van der Waals surface area contributed by atoms with E-state index < -0.39 is 5.56 Å². The predicted molar refractivity (Wildman–Crippen MR) is 92.8 cm³/mol. The number of aromatic nitrogens is 3. The van der Waals surface area contributed by atoms with E-state index in [4.69, 9.17) is 4.74 Å². The van der Waals surface area contributed by atoms with Gasteiger partial charge in [-0.1, -0.05) is 12.1 Å². The van der Waals surface area contributed by atoms with Crippen LogP contribution in [0.25, 0.3) is 0 Å². The van der Waals surface area contributed by atoms with Crippen LogP contribution in [-0.2, 0) is 6.54 Å². The molecule has 0 saturated heterocycles. The number of nitrogens with one attached hydrogen (secondary N) is 1. The SMILES string of the molecule is COc1ccc(Nc2nc(=O)cnn2Cc2cccc(F)c2)c(C)c1. The molecule has 1 aromatic heterocycles. The van der Waals surface area contributed by atoms with Crippen LogP contribution in [0.5, 0.6) is 5.75 Å². The van der Waals surface area contributed by atoms with Gasteiger partial charge in [0, 0.05) is 5.69 Å². The number of hydrogen-bond acceptors (Lipinski definition) is 5. The molecule has 0 spiro atoms. The maximum absolute atomic E-state index is 13.4. The summed E-state index contributed by atoms with van der Waals surface area (Å²) in [5, 5.41) is 7.20. The van der Waals surface area contributed by atoms with E-state index in [0.29, 0.717) is 5.56 Å². The maximum atomic E-state index is 13.4. The summed E-state index contributed by atoms with van der Waals surface area (Å²) in [6, 6.07) is 11.7. The van der Waals surface area contributed by atoms with Gasteiger partial charge in [0.25, 0.3) is 5.56 Å². The lowest BCUT2D eigenvalue weighted by Gasteiger charge is -2.14. The molecule has 0 aliphatic rings. The molecule has 3 rings (SSSR count). The minimum Gasteiger partial charge on any atom is -0.497 e. The Kier molecular flexibility index (Phi) is 4.74. The summed E-state index contributed by atoms with van der Waals surface area (Å²) in [6.07, 6.45) is 1.13. The molecule has 0 radical (unpaired) electrons. The highest BCUT2D eigenvalue weighted by Crippen LogP contribution is 2.23. The summed E-state index contributed by atoms with van der Waals surface area (Å²) >= 11 is 0. The van der Waals surface area contributed by atoms with Crippen molar-refractivity contribution in [2.45, 2.75) is 13.5 Å². The Balaban J connectivity index is 1.93. The molecule has 0 aliphatic heterocycles. The molecule has 2 aromatic carbocycles. The highest BCUT2D eigenvalue weighted by Gasteiger charge is 2.09. The number of halogens is 1. The van der Waals surface area contributed by atoms with E-state index in [1.165, 1.54) is 16.8 Å². The molecular weight excluding hydrogens is 323 g/mol. The number of nitrogens with zero attached hydrogens (tertiary/aromatic N) is 3. The van der Waals surface area contributed by atoms with Crippen molar-refractivity contribution in [1.82, 2.24) is 14.8 Å². The summed E-state index contributed by atoms with van der Waals surface area (Å²) in [7, 11) is 1.60. The van der Waals surface area contributed by atoms with Crippen LogP contribution in [0.15, 0.2) is 53.5 Å². The van der Waals surface area contributed by atoms with E-state index in [-0.39, 0.29) is 18.3 Å². The second-order valence-electron chi connectivity index (χ2n) is 5.51. The van der Waals surface area contributed by atoms with E-state index in [1.807, 2.05) is 19.1 Å². The molecule has 25 heavy (non-hydrogen) atoms. The van der Waals surface area contributed by atoms with Crippen LogP contribution in [0.2, 0.25) is 0 Å². The largest absolute Gasteiger partial charge is 0.497 e. The standard InChI is InChI=1S/C18H17FN4O2/c1-12-8-15(25-2)6-7-16(12)21-18-22-17(24)10-20-23(18)11-13-4-3-5-14(19)9-13/h3-10H,11H2,1-2H3,(H,21,22,24). The predicted octanol–water partition coefficient (Wildman–Crippen LogP) is 2.89. The van der Waals surface area contributed by atoms with Gasteiger partial charge in [0.15, 0.2) is 0 Å². The molecule has 3 aromatic rings. The summed E-state index contributed by atoms with van der Waals surface area (Å²) in [5.41, 5.74) is 1.96. The Morgan fingerprint density at radius 2 is 2.08 bits per heavy atom. The van der Waals surface area contributed by atoms with E-state index in [1.54, 1.807) is 25.3 Å². The van der Waals surface area contributed by atoms with Crippen molar-refractivity contribution < 1.29 is 9.13 Å². The Hall–Kier alpha value is -3.22. The second-order valence-corrected chi connectivity index (χ2v) is 5.51. The first kappa shape index (κ1) is 16.6. The minimum absolute atomic E-state index is 0.280. The fourth-order valence-corrected chi connectivity index (χ4v) is 2.41. The van der Waals surface area contributed by atoms with Crippen LogP contribution < -0.4 is 15.6 Å². The van der Waals surface area contributed by atoms with Crippen molar-refractivity contribution in [2.24, 2.45) is 0 Å². The highest BCUT2D eigenvalue weighted by molar-refractivity contribution is 5.59. The first-order chi connectivity index (χ1) is 12.0. The van der Waals surface area contributed by atoms with Gasteiger partial charge in [0.1, 0.15) is 17.8 Å². The van der Waals surface area contributed by atoms with E-state index in [0.717, 1.165) is 23.2 Å². The van der Waals surface area contributed by atoms with Gasteiger partial charge in [-0.3, -0.25) is 4.79 Å². The van der Waals surface area contributed by atoms with Gasteiger partial charge in [0.2, 0.25) is 5.95 Å². The first-order valence-corrected chi connectivity index (χ1v) is 7.65. The lowest BCUT2D eigenvalue weighted by Crippen LogP contribution is -2.19. The van der Waals surface area contributed by atoms with Crippen LogP contribution in [0.3, 0.4) is 0 Å². The van der Waals surface area contributed by atoms with Gasteiger partial charge >= 0.3 is 0 Å². The molecule has 128 valence electrons. The van der Waals surface area contributed by atoms with E-state index in [9.17, 15) is 9.18 Å². The molecule has 6 nitrogen and oxygen atoms in total. The third kappa shape index (κ3) is 4.00. The van der Waals surface area contributed by atoms with Crippen molar-refractivity contribution in [3.63, 3.8) is 0 Å². The lowest BCUT2D eigenvalue weighted by molar-refractivity contribution is 0.414. The fraction of sp³-hybridized carbons (Fsp3) is 0.167. The van der Waals surface area contributed by atoms with Gasteiger partial charge < -0.3 is 10.1 Å². The molecule has 0 amide bonds. The topological polar surface area (TPSA) is 69.0 Å². The Labute approximate surface area is 143 Å². The van der Waals surface area contributed by atoms with Gasteiger partial charge in [-0.05, 0) is 48.4 Å². The number of rotatable bonds is 5. The maximum Gasteiger partial charge on any atom is 0.293 e. The quantitative estimate of drug-likeness (QED) is 0.773. The molecule has 7 heteroatoms. The zero-order chi connectivity index (χ0) is 17.8. The Morgan fingerprint density at radius 3 is 2.80 bits per heavy atom. The zero-order valence-corrected chi connectivity index (χ0v) is 13.9. The number of hydrogen-bond donors (Lipinski definition) is 1. The Bertz CT molecular complexity index is 956. The fourth-order valence-electron chi connectivity index (χ4n) is 2.41. The van der Waals surface area contributed by atoms with Crippen LogP contribution in [0, 0.1) is 12.7 Å². The van der Waals surface area contributed by atoms with Crippen LogP contribution in [0.1, 0.15) is 11.1 Å². The second kappa shape index (κ2) is 7.12. The molecular formula is C18H17FN4O2. The number of methoxy groups -OCH3 is 1. The highest BCUT2D eigenvalue weighted by atomic mass is 19.1. The monoisotopic (exact) mass is 340 g/mol. The molecule has 1 N–H and O–H groups in total. The molecule has 0 fully saturated rings. The molecule has 1 heterocycles. The van der Waals surface area contributed by atoms with Gasteiger partial charge in [-0.2, -0.15) is 10.1 Å². The number of anilines is 2. The number of benzene rings is 2. The number of aryl methyl sites for hydroxylation is 1. The number of ether oxygens (including phenoxy) is 1. The molecule has 0 bridgehead atoms. The molecule has 0 atom stereocenters. The first-order valence-electron chi connectivity index (χ1n) is 7.65. The van der Waals surface area contributed by atoms with Crippen molar-refractivity contribution in [2.75, 3.05) is 12.4 Å². The summed E-state index contributed by atoms with van der Waals surface area (Å²) in [6.45, 7) is 2.19. The zero-order valence-electron chi connectivity index (χ0n) is 13.9. The molecule has 0 unspecified atom stereocenters. The van der Waals surface area contributed by atoms with Crippen LogP contribution in [-0.4, -0.2) is 21.9 Å². The lowest BCUT2D eigenvalue weighted by atomic mass is 10.2. The van der Waals surface area contributed by atoms with Crippen molar-refractivity contribution in [1.29, 1.82) is 0 Å². The van der Waals surface area contributed by atoms with E-state index in [2.05, 4.69) is 15.4 Å². The van der Waals surface area contributed by atoms with Gasteiger partial charge in [-0.25, -0.2) is 9.07 Å². The van der Waals surface area contributed by atoms with Crippen molar-refractivity contribution >= 4 is 11.6 Å². The van der Waals surface area contributed by atoms with E-state index >= 15 is 0 Å². The van der Waals surface area contributed by atoms with Crippen molar-refractivity contribution in [3.8, 4) is 5.75 Å². The van der Waals surface area contributed by atoms with Crippen molar-refractivity contribution in [3.05, 3.63) is 76.0 Å². The molecule has 0 saturated carbocycles. The van der Waals surface area contributed by atoms with Gasteiger partial charge in [0.05, 0.1) is 13.7 Å². The summed E-state index contributed by atoms with van der Waals surface area (Å²) in [5.74, 6) is 0.691. The van der Waals surface area contributed by atoms with Crippen LogP contribution in [0.4, 0.5) is 16.0 Å². The Morgan fingerprint density at radius 1 is 1.24 bits per heavy atom. The smallest absolute Gasteiger partial charge is 0.293 e. The van der Waals surface area contributed by atoms with Crippen LogP contribution >= 0.6 is 0 Å². The summed E-state index contributed by atoms with van der Waals surface area (Å²) < 4.78 is 20.1. The molecule has 0 aliphatic carbocycles. The third-order valence-electron chi connectivity index (χ3n) is 3.67. The average Bonchev–Trinajstić information content (AvgIpc) is 2.59. The summed E-state index contributed by atoms with van der Waals surface area (Å²) in [4.78, 5) is 15.6. The minimum atomic E-state index is -0.454. The van der Waals surface area contributed by atoms with Gasteiger partial charge in [-0.15, -0.1) is 0 Å².